The number of nitrogens with zero attached hydrogens (tertiary/aromatic N) is 3. The summed E-state index contributed by atoms with van der Waals surface area (Å²) in [5.41, 5.74) is 1.52. The third-order valence-corrected chi connectivity index (χ3v) is 5.03. The molecule has 3 heterocycles. The van der Waals surface area contributed by atoms with Crippen LogP contribution in [0.1, 0.15) is 16.1 Å². The van der Waals surface area contributed by atoms with Gasteiger partial charge in [0.1, 0.15) is 12.7 Å². The van der Waals surface area contributed by atoms with Crippen molar-refractivity contribution in [3.63, 3.8) is 0 Å². The van der Waals surface area contributed by atoms with E-state index in [1.807, 2.05) is 49.8 Å². The van der Waals surface area contributed by atoms with Gasteiger partial charge in [0.25, 0.3) is 0 Å². The number of aliphatic imine (C=N–C) groups is 1. The van der Waals surface area contributed by atoms with Gasteiger partial charge in [-0.3, -0.25) is 14.7 Å². The number of aromatic amines is 1. The van der Waals surface area contributed by atoms with Crippen LogP contribution in [-0.4, -0.2) is 40.0 Å². The van der Waals surface area contributed by atoms with E-state index in [1.165, 1.54) is 19.1 Å². The monoisotopic (exact) mass is 383 g/mol. The molecule has 0 fully saturated rings. The van der Waals surface area contributed by atoms with Gasteiger partial charge in [0.15, 0.2) is 5.82 Å². The first-order valence-electron chi connectivity index (χ1n) is 8.37. The molecule has 0 spiro atoms. The SMILES string of the molecule is COC(=O)c1cccc(SN2C=C(Nc3cc(C)[nH]n3)[NH+]3C=CN=C3C2)c1. The van der Waals surface area contributed by atoms with Gasteiger partial charge < -0.3 is 4.74 Å². The van der Waals surface area contributed by atoms with Crippen LogP contribution in [0.2, 0.25) is 0 Å². The van der Waals surface area contributed by atoms with Crippen molar-refractivity contribution >= 4 is 29.6 Å². The normalized spacial score (nSPS) is 18.0. The van der Waals surface area contributed by atoms with Gasteiger partial charge >= 0.3 is 5.97 Å². The smallest absolute Gasteiger partial charge is 0.337 e. The number of esters is 1. The highest BCUT2D eigenvalue weighted by atomic mass is 32.2. The molecule has 0 bridgehead atoms. The number of carbonyl (C=O) groups is 1. The number of amidine groups is 1. The fourth-order valence-corrected chi connectivity index (χ4v) is 3.79. The molecule has 0 radical (unpaired) electrons. The molecule has 9 heteroatoms. The van der Waals surface area contributed by atoms with E-state index in [9.17, 15) is 4.79 Å². The molecule has 2 aliphatic heterocycles. The van der Waals surface area contributed by atoms with Gasteiger partial charge in [-0.05, 0) is 37.1 Å². The molecule has 0 saturated carbocycles. The minimum absolute atomic E-state index is 0.345. The molecular formula is C18H19N6O2S+. The lowest BCUT2D eigenvalue weighted by Crippen LogP contribution is -3.10. The third kappa shape index (κ3) is 3.74. The van der Waals surface area contributed by atoms with E-state index in [0.29, 0.717) is 12.1 Å². The van der Waals surface area contributed by atoms with Crippen molar-refractivity contribution in [2.24, 2.45) is 4.99 Å². The van der Waals surface area contributed by atoms with E-state index >= 15 is 0 Å². The molecule has 1 unspecified atom stereocenters. The molecule has 4 rings (SSSR count). The Labute approximate surface area is 160 Å². The molecule has 0 saturated heterocycles. The van der Waals surface area contributed by atoms with Crippen LogP contribution in [0.25, 0.3) is 0 Å². The molecular weight excluding hydrogens is 364 g/mol. The standard InChI is InChI=1S/C18H18N6O2S/c1-12-8-15(22-21-12)20-17-11-23(10-16-19-6-7-24(16)17)27-14-5-3-4-13(9-14)18(25)26-2/h3-9,11H,10H2,1-2H3,(H2,20,21,22)/p+1. The van der Waals surface area contributed by atoms with Crippen molar-refractivity contribution in [2.45, 2.75) is 11.8 Å². The third-order valence-electron chi connectivity index (χ3n) is 4.10. The molecule has 2 aromatic rings. The zero-order chi connectivity index (χ0) is 18.8. The molecule has 3 N–H and O–H groups in total. The average molecular weight is 383 g/mol. The number of quaternary nitrogens is 1. The van der Waals surface area contributed by atoms with Crippen LogP contribution >= 0.6 is 11.9 Å². The lowest BCUT2D eigenvalue weighted by Gasteiger charge is -2.27. The van der Waals surface area contributed by atoms with Crippen LogP contribution in [0, 0.1) is 6.92 Å². The van der Waals surface area contributed by atoms with Crippen LogP contribution < -0.4 is 10.2 Å². The Morgan fingerprint density at radius 2 is 2.30 bits per heavy atom. The zero-order valence-corrected chi connectivity index (χ0v) is 15.7. The number of benzene rings is 1. The predicted octanol–water partition coefficient (Wildman–Crippen LogP) is 1.51. The maximum atomic E-state index is 11.8. The largest absolute Gasteiger partial charge is 0.465 e. The van der Waals surface area contributed by atoms with Crippen LogP contribution in [0.5, 0.6) is 0 Å². The van der Waals surface area contributed by atoms with Gasteiger partial charge in [0.2, 0.25) is 11.7 Å². The molecule has 8 nitrogen and oxygen atoms in total. The van der Waals surface area contributed by atoms with E-state index in [1.54, 1.807) is 6.07 Å². The lowest BCUT2D eigenvalue weighted by atomic mass is 10.2. The Hall–Kier alpha value is -3.04. The van der Waals surface area contributed by atoms with Crippen LogP contribution in [0.3, 0.4) is 0 Å². The second-order valence-electron chi connectivity index (χ2n) is 6.10. The predicted molar refractivity (Wildman–Crippen MR) is 103 cm³/mol. The Morgan fingerprint density at radius 3 is 3.07 bits per heavy atom. The molecule has 0 amide bonds. The van der Waals surface area contributed by atoms with Crippen molar-refractivity contribution in [3.05, 3.63) is 66.0 Å². The number of carbonyl (C=O) groups excluding carboxylic acids is 1. The number of rotatable bonds is 5. The summed E-state index contributed by atoms with van der Waals surface area (Å²) in [5, 5.41) is 10.5. The molecule has 2 aliphatic rings. The number of H-pyrrole nitrogens is 1. The minimum atomic E-state index is -0.345. The van der Waals surface area contributed by atoms with Crippen LogP contribution in [0.15, 0.2) is 64.6 Å². The van der Waals surface area contributed by atoms with E-state index in [2.05, 4.69) is 24.8 Å². The van der Waals surface area contributed by atoms with Crippen molar-refractivity contribution in [1.29, 1.82) is 0 Å². The number of aryl methyl sites for hydroxylation is 1. The number of ether oxygens (including phenoxy) is 1. The number of methoxy groups -OCH3 is 1. The molecule has 0 aliphatic carbocycles. The van der Waals surface area contributed by atoms with Gasteiger partial charge in [-0.25, -0.2) is 14.7 Å². The van der Waals surface area contributed by atoms with E-state index in [-0.39, 0.29) is 5.97 Å². The van der Waals surface area contributed by atoms with E-state index in [4.69, 9.17) is 4.74 Å². The number of hydrogen-bond donors (Lipinski definition) is 3. The number of nitrogens with one attached hydrogen (secondary N) is 3. The summed E-state index contributed by atoms with van der Waals surface area (Å²) in [5.74, 6) is 2.33. The second kappa shape index (κ2) is 7.29. The number of hydrogen-bond acceptors (Lipinski definition) is 7. The first-order chi connectivity index (χ1) is 13.1. The van der Waals surface area contributed by atoms with Gasteiger partial charge in [0.05, 0.1) is 25.1 Å². The van der Waals surface area contributed by atoms with Gasteiger partial charge in [-0.15, -0.1) is 0 Å². The summed E-state index contributed by atoms with van der Waals surface area (Å²) >= 11 is 1.53. The summed E-state index contributed by atoms with van der Waals surface area (Å²) in [6.07, 6.45) is 5.83. The topological polar surface area (TPSA) is 87.0 Å². The summed E-state index contributed by atoms with van der Waals surface area (Å²) in [4.78, 5) is 18.2. The highest BCUT2D eigenvalue weighted by Gasteiger charge is 2.32. The maximum Gasteiger partial charge on any atom is 0.337 e. The highest BCUT2D eigenvalue weighted by molar-refractivity contribution is 7.97. The van der Waals surface area contributed by atoms with Crippen LogP contribution in [-0.2, 0) is 4.74 Å². The summed E-state index contributed by atoms with van der Waals surface area (Å²) in [6.45, 7) is 2.62. The quantitative estimate of drug-likeness (QED) is 0.536. The average Bonchev–Trinajstić information content (AvgIpc) is 3.30. The van der Waals surface area contributed by atoms with Crippen molar-refractivity contribution in [3.8, 4) is 0 Å². The Balaban J connectivity index is 1.56. The molecule has 1 aromatic heterocycles. The molecule has 1 aromatic carbocycles. The van der Waals surface area contributed by atoms with E-state index < -0.39 is 0 Å². The summed E-state index contributed by atoms with van der Waals surface area (Å²) in [7, 11) is 1.38. The first kappa shape index (κ1) is 17.4. The first-order valence-corrected chi connectivity index (χ1v) is 9.14. The Bertz CT molecular complexity index is 964. The summed E-state index contributed by atoms with van der Waals surface area (Å²) < 4.78 is 6.88. The number of aromatic nitrogens is 2. The summed E-state index contributed by atoms with van der Waals surface area (Å²) in [6, 6.07) is 9.32. The lowest BCUT2D eigenvalue weighted by molar-refractivity contribution is -0.699. The van der Waals surface area contributed by atoms with Crippen molar-refractivity contribution in [2.75, 3.05) is 19.0 Å². The molecule has 27 heavy (non-hydrogen) atoms. The maximum absolute atomic E-state index is 11.8. The minimum Gasteiger partial charge on any atom is -0.465 e. The van der Waals surface area contributed by atoms with Gasteiger partial charge in [-0.1, -0.05) is 6.07 Å². The van der Waals surface area contributed by atoms with Gasteiger partial charge in [0, 0.05) is 16.7 Å². The number of anilines is 1. The van der Waals surface area contributed by atoms with Crippen molar-refractivity contribution in [1.82, 2.24) is 14.5 Å². The Morgan fingerprint density at radius 1 is 1.41 bits per heavy atom. The van der Waals surface area contributed by atoms with Crippen molar-refractivity contribution < 1.29 is 14.4 Å². The van der Waals surface area contributed by atoms with Gasteiger partial charge in [-0.2, -0.15) is 5.10 Å². The molecule has 138 valence electrons. The fourth-order valence-electron chi connectivity index (χ4n) is 2.86. The number of fused-ring (bicyclic) bond motifs is 1. The van der Waals surface area contributed by atoms with E-state index in [0.717, 1.165) is 33.0 Å². The van der Waals surface area contributed by atoms with Crippen LogP contribution in [0.4, 0.5) is 5.82 Å². The fraction of sp³-hybridized carbons (Fsp3) is 0.167. The zero-order valence-electron chi connectivity index (χ0n) is 14.9. The highest BCUT2D eigenvalue weighted by Crippen LogP contribution is 2.25. The second-order valence-corrected chi connectivity index (χ2v) is 7.22. The Kier molecular flexibility index (Phi) is 4.69. The molecule has 1 atom stereocenters.